The molecule has 1 amide bonds. The minimum absolute atomic E-state index is 0.0232. The Morgan fingerprint density at radius 2 is 1.82 bits per heavy atom. The first kappa shape index (κ1) is 17.7. The molecule has 0 aliphatic heterocycles. The lowest BCUT2D eigenvalue weighted by atomic mass is 10.2. The summed E-state index contributed by atoms with van der Waals surface area (Å²) in [5.74, 6) is -0.743. The molecule has 7 heteroatoms. The third-order valence-corrected chi connectivity index (χ3v) is 4.30. The molecule has 1 N–H and O–H groups in total. The number of nitrogens with zero attached hydrogens (tertiary/aromatic N) is 2. The van der Waals surface area contributed by atoms with Crippen molar-refractivity contribution in [2.45, 2.75) is 13.1 Å². The van der Waals surface area contributed by atoms with Gasteiger partial charge in [-0.25, -0.2) is 9.37 Å². The largest absolute Gasteiger partial charge is 0.432 e. The van der Waals surface area contributed by atoms with Crippen LogP contribution in [-0.2, 0) is 13.1 Å². The van der Waals surface area contributed by atoms with E-state index in [2.05, 4.69) is 10.3 Å². The number of hydrogen-bond donors (Lipinski definition) is 1. The number of hydrogen-bond acceptors (Lipinski definition) is 4. The molecule has 28 heavy (non-hydrogen) atoms. The predicted octanol–water partition coefficient (Wildman–Crippen LogP) is 3.11. The van der Waals surface area contributed by atoms with Crippen LogP contribution in [0.4, 0.5) is 4.39 Å². The number of benzene rings is 2. The van der Waals surface area contributed by atoms with Gasteiger partial charge >= 0.3 is 0 Å². The van der Waals surface area contributed by atoms with Crippen LogP contribution in [0.15, 0.2) is 76.2 Å². The van der Waals surface area contributed by atoms with Gasteiger partial charge in [0.1, 0.15) is 17.5 Å². The van der Waals surface area contributed by atoms with E-state index in [1.54, 1.807) is 12.1 Å². The first-order valence-corrected chi connectivity index (χ1v) is 8.66. The van der Waals surface area contributed by atoms with Crippen LogP contribution >= 0.6 is 0 Å². The fourth-order valence-corrected chi connectivity index (χ4v) is 2.84. The van der Waals surface area contributed by atoms with Gasteiger partial charge in [-0.3, -0.25) is 14.2 Å². The van der Waals surface area contributed by atoms with Gasteiger partial charge in [-0.1, -0.05) is 42.5 Å². The maximum Gasteiger partial charge on any atom is 0.287 e. The fourth-order valence-electron chi connectivity index (χ4n) is 2.84. The highest BCUT2D eigenvalue weighted by molar-refractivity contribution is 5.95. The van der Waals surface area contributed by atoms with Crippen LogP contribution in [0.1, 0.15) is 21.7 Å². The fraction of sp³-hybridized carbons (Fsp3) is 0.0952. The van der Waals surface area contributed by atoms with E-state index in [0.717, 1.165) is 11.1 Å². The SMILES string of the molecule is O=C(NCc1ccccc1)c1cc2c(=O)n(Cc3ccc(F)cc3)cnc2o1. The standard InChI is InChI=1S/C21H16FN3O3/c22-16-8-6-15(7-9-16)12-25-13-24-20-17(21(25)27)10-18(28-20)19(26)23-11-14-4-2-1-3-5-14/h1-10,13H,11-12H2,(H,23,26). The molecule has 4 rings (SSSR count). The molecule has 0 unspecified atom stereocenters. The first-order chi connectivity index (χ1) is 13.6. The molecule has 6 nitrogen and oxygen atoms in total. The van der Waals surface area contributed by atoms with Crippen molar-refractivity contribution in [3.63, 3.8) is 0 Å². The van der Waals surface area contributed by atoms with Gasteiger partial charge in [-0.05, 0) is 23.3 Å². The summed E-state index contributed by atoms with van der Waals surface area (Å²) in [7, 11) is 0. The minimum atomic E-state index is -0.425. The monoisotopic (exact) mass is 377 g/mol. The molecule has 0 saturated heterocycles. The normalized spacial score (nSPS) is 10.9. The minimum Gasteiger partial charge on any atom is -0.432 e. The molecule has 0 radical (unpaired) electrons. The van der Waals surface area contributed by atoms with E-state index in [-0.39, 0.29) is 34.8 Å². The lowest BCUT2D eigenvalue weighted by molar-refractivity contribution is 0.0925. The molecule has 2 aromatic carbocycles. The van der Waals surface area contributed by atoms with Gasteiger partial charge in [0, 0.05) is 12.6 Å². The number of nitrogens with one attached hydrogen (secondary N) is 1. The zero-order valence-electron chi connectivity index (χ0n) is 14.8. The quantitative estimate of drug-likeness (QED) is 0.580. The van der Waals surface area contributed by atoms with Crippen LogP contribution in [0.5, 0.6) is 0 Å². The maximum absolute atomic E-state index is 13.0. The van der Waals surface area contributed by atoms with Crippen LogP contribution < -0.4 is 10.9 Å². The highest BCUT2D eigenvalue weighted by Crippen LogP contribution is 2.14. The predicted molar refractivity (Wildman–Crippen MR) is 101 cm³/mol. The smallest absolute Gasteiger partial charge is 0.287 e. The molecule has 0 aliphatic rings. The Labute approximate surface area is 159 Å². The molecule has 0 bridgehead atoms. The van der Waals surface area contributed by atoms with E-state index < -0.39 is 5.91 Å². The summed E-state index contributed by atoms with van der Waals surface area (Å²) in [5, 5.41) is 2.97. The molecule has 0 saturated carbocycles. The topological polar surface area (TPSA) is 77.1 Å². The average molecular weight is 377 g/mol. The first-order valence-electron chi connectivity index (χ1n) is 8.66. The summed E-state index contributed by atoms with van der Waals surface area (Å²) in [6, 6.07) is 16.7. The van der Waals surface area contributed by atoms with Crippen molar-refractivity contribution < 1.29 is 13.6 Å². The van der Waals surface area contributed by atoms with Gasteiger partial charge in [0.05, 0.1) is 6.54 Å². The zero-order chi connectivity index (χ0) is 19.5. The van der Waals surface area contributed by atoms with Crippen LogP contribution in [0.3, 0.4) is 0 Å². The second-order valence-corrected chi connectivity index (χ2v) is 6.30. The van der Waals surface area contributed by atoms with Crippen LogP contribution in [0.25, 0.3) is 11.1 Å². The van der Waals surface area contributed by atoms with Crippen molar-refractivity contribution in [2.75, 3.05) is 0 Å². The second-order valence-electron chi connectivity index (χ2n) is 6.30. The van der Waals surface area contributed by atoms with Crippen molar-refractivity contribution in [3.05, 3.63) is 100 Å². The summed E-state index contributed by atoms with van der Waals surface area (Å²) in [6.07, 6.45) is 1.35. The lowest BCUT2D eigenvalue weighted by Crippen LogP contribution is -2.22. The molecular weight excluding hydrogens is 361 g/mol. The molecule has 140 valence electrons. The van der Waals surface area contributed by atoms with Gasteiger partial charge in [-0.15, -0.1) is 0 Å². The van der Waals surface area contributed by atoms with Gasteiger partial charge in [-0.2, -0.15) is 0 Å². The summed E-state index contributed by atoms with van der Waals surface area (Å²) in [4.78, 5) is 29.1. The van der Waals surface area contributed by atoms with E-state index in [9.17, 15) is 14.0 Å². The van der Waals surface area contributed by atoms with Crippen molar-refractivity contribution in [1.82, 2.24) is 14.9 Å². The number of carbonyl (C=O) groups excluding carboxylic acids is 1. The average Bonchev–Trinajstić information content (AvgIpc) is 3.16. The number of fused-ring (bicyclic) bond motifs is 1. The van der Waals surface area contributed by atoms with Crippen LogP contribution in [0.2, 0.25) is 0 Å². The number of furan rings is 1. The Morgan fingerprint density at radius 3 is 2.57 bits per heavy atom. The van der Waals surface area contributed by atoms with E-state index in [4.69, 9.17) is 4.42 Å². The van der Waals surface area contributed by atoms with Crippen molar-refractivity contribution in [3.8, 4) is 0 Å². The summed E-state index contributed by atoms with van der Waals surface area (Å²) < 4.78 is 19.9. The van der Waals surface area contributed by atoms with Crippen molar-refractivity contribution in [1.29, 1.82) is 0 Å². The van der Waals surface area contributed by atoms with Gasteiger partial charge in [0.25, 0.3) is 11.5 Å². The Morgan fingerprint density at radius 1 is 1.07 bits per heavy atom. The molecule has 0 atom stereocenters. The Bertz CT molecular complexity index is 1180. The summed E-state index contributed by atoms with van der Waals surface area (Å²) >= 11 is 0. The van der Waals surface area contributed by atoms with Crippen LogP contribution in [-0.4, -0.2) is 15.5 Å². The van der Waals surface area contributed by atoms with Crippen LogP contribution in [0, 0.1) is 5.82 Å². The third kappa shape index (κ3) is 3.68. The third-order valence-electron chi connectivity index (χ3n) is 4.30. The number of aromatic nitrogens is 2. The van der Waals surface area contributed by atoms with Crippen molar-refractivity contribution >= 4 is 17.0 Å². The number of halogens is 1. The number of rotatable bonds is 5. The molecule has 0 aliphatic carbocycles. The Kier molecular flexibility index (Phi) is 4.72. The Balaban J connectivity index is 1.55. The van der Waals surface area contributed by atoms with E-state index in [1.807, 2.05) is 30.3 Å². The van der Waals surface area contributed by atoms with Gasteiger partial charge in [0.2, 0.25) is 5.71 Å². The maximum atomic E-state index is 13.0. The molecular formula is C21H16FN3O3. The Hall–Kier alpha value is -3.74. The number of amides is 1. The summed E-state index contributed by atoms with van der Waals surface area (Å²) in [5.41, 5.74) is 1.48. The molecule has 2 heterocycles. The van der Waals surface area contributed by atoms with Gasteiger partial charge in [0.15, 0.2) is 5.76 Å². The lowest BCUT2D eigenvalue weighted by Gasteiger charge is -2.04. The zero-order valence-corrected chi connectivity index (χ0v) is 14.8. The van der Waals surface area contributed by atoms with Crippen molar-refractivity contribution in [2.24, 2.45) is 0 Å². The summed E-state index contributed by atoms with van der Waals surface area (Å²) in [6.45, 7) is 0.585. The highest BCUT2D eigenvalue weighted by atomic mass is 19.1. The molecule has 4 aromatic rings. The molecule has 2 aromatic heterocycles. The second kappa shape index (κ2) is 7.48. The molecule has 0 spiro atoms. The molecule has 0 fully saturated rings. The van der Waals surface area contributed by atoms with E-state index in [1.165, 1.54) is 29.1 Å². The van der Waals surface area contributed by atoms with Gasteiger partial charge < -0.3 is 9.73 Å². The van der Waals surface area contributed by atoms with E-state index >= 15 is 0 Å². The van der Waals surface area contributed by atoms with E-state index in [0.29, 0.717) is 6.54 Å². The number of carbonyl (C=O) groups is 1. The highest BCUT2D eigenvalue weighted by Gasteiger charge is 2.16.